The molecule has 2 aliphatic rings. The van der Waals surface area contributed by atoms with Gasteiger partial charge in [0.2, 0.25) is 0 Å². The number of nitrogens with zero attached hydrogens (tertiary/aromatic N) is 2. The van der Waals surface area contributed by atoms with Gasteiger partial charge in [-0.1, -0.05) is 0 Å². The molecule has 1 aromatic heterocycles. The summed E-state index contributed by atoms with van der Waals surface area (Å²) < 4.78 is 10.9. The lowest BCUT2D eigenvalue weighted by molar-refractivity contribution is 0.0813. The van der Waals surface area contributed by atoms with Crippen LogP contribution in [-0.4, -0.2) is 55.2 Å². The molecular weight excluding hydrogens is 240 g/mol. The Kier molecular flexibility index (Phi) is 4.21. The van der Waals surface area contributed by atoms with E-state index < -0.39 is 0 Å². The first-order chi connectivity index (χ1) is 9.35. The van der Waals surface area contributed by atoms with E-state index in [1.165, 1.54) is 38.9 Å². The molecule has 2 saturated heterocycles. The molecule has 2 fully saturated rings. The fraction of sp³-hybridized carbons (Fsp3) is 0.733. The van der Waals surface area contributed by atoms with E-state index in [4.69, 9.17) is 9.15 Å². The van der Waals surface area contributed by atoms with Gasteiger partial charge in [-0.25, -0.2) is 0 Å². The van der Waals surface area contributed by atoms with Crippen molar-refractivity contribution in [2.75, 3.05) is 33.3 Å². The van der Waals surface area contributed by atoms with Gasteiger partial charge in [0, 0.05) is 39.3 Å². The van der Waals surface area contributed by atoms with Gasteiger partial charge in [0.05, 0.1) is 18.9 Å². The van der Waals surface area contributed by atoms with Crippen LogP contribution in [0.15, 0.2) is 22.8 Å². The van der Waals surface area contributed by atoms with Gasteiger partial charge in [-0.05, 0) is 31.4 Å². The van der Waals surface area contributed by atoms with Gasteiger partial charge in [-0.15, -0.1) is 0 Å². The molecule has 0 bridgehead atoms. The fourth-order valence-corrected chi connectivity index (χ4v) is 3.34. The van der Waals surface area contributed by atoms with Crippen LogP contribution in [0, 0.1) is 0 Å². The van der Waals surface area contributed by atoms with Gasteiger partial charge in [-0.2, -0.15) is 0 Å². The molecule has 0 N–H and O–H groups in total. The average molecular weight is 264 g/mol. The summed E-state index contributed by atoms with van der Waals surface area (Å²) >= 11 is 0. The number of ether oxygens (including phenoxy) is 1. The Balaban J connectivity index is 1.44. The Morgan fingerprint density at radius 3 is 2.74 bits per heavy atom. The van der Waals surface area contributed by atoms with E-state index in [9.17, 15) is 0 Å². The normalized spacial score (nSPS) is 27.1. The highest BCUT2D eigenvalue weighted by atomic mass is 16.5. The minimum absolute atomic E-state index is 0.459. The molecule has 4 nitrogen and oxygen atoms in total. The smallest absolute Gasteiger partial charge is 0.117 e. The first kappa shape index (κ1) is 13.2. The van der Waals surface area contributed by atoms with Crippen LogP contribution in [-0.2, 0) is 11.3 Å². The molecule has 1 aromatic rings. The van der Waals surface area contributed by atoms with Crippen LogP contribution in [0.25, 0.3) is 0 Å². The molecule has 0 amide bonds. The van der Waals surface area contributed by atoms with E-state index >= 15 is 0 Å². The van der Waals surface area contributed by atoms with Crippen molar-refractivity contribution in [3.05, 3.63) is 24.2 Å². The summed E-state index contributed by atoms with van der Waals surface area (Å²) in [5.41, 5.74) is 0. The molecule has 4 heteroatoms. The molecule has 0 spiro atoms. The zero-order valence-electron chi connectivity index (χ0n) is 11.8. The van der Waals surface area contributed by atoms with E-state index in [1.54, 1.807) is 6.26 Å². The summed E-state index contributed by atoms with van der Waals surface area (Å²) in [6.45, 7) is 5.65. The third kappa shape index (κ3) is 3.19. The average Bonchev–Trinajstić information content (AvgIpc) is 3.10. The van der Waals surface area contributed by atoms with E-state index in [0.717, 1.165) is 24.9 Å². The maximum Gasteiger partial charge on any atom is 0.117 e. The molecule has 3 rings (SSSR count). The Labute approximate surface area is 115 Å². The minimum Gasteiger partial charge on any atom is -0.468 e. The summed E-state index contributed by atoms with van der Waals surface area (Å²) in [5.74, 6) is 1.08. The topological polar surface area (TPSA) is 28.9 Å². The van der Waals surface area contributed by atoms with Crippen LogP contribution < -0.4 is 0 Å². The number of hydrogen-bond acceptors (Lipinski definition) is 4. The van der Waals surface area contributed by atoms with Gasteiger partial charge in [0.15, 0.2) is 0 Å². The largest absolute Gasteiger partial charge is 0.468 e. The maximum absolute atomic E-state index is 5.46. The molecular formula is C15H24N2O2. The third-order valence-corrected chi connectivity index (χ3v) is 4.54. The van der Waals surface area contributed by atoms with Crippen molar-refractivity contribution < 1.29 is 9.15 Å². The molecule has 19 heavy (non-hydrogen) atoms. The van der Waals surface area contributed by atoms with Crippen LogP contribution in [0.1, 0.15) is 25.0 Å². The highest BCUT2D eigenvalue weighted by Crippen LogP contribution is 2.23. The van der Waals surface area contributed by atoms with Crippen molar-refractivity contribution >= 4 is 0 Å². The minimum atomic E-state index is 0.459. The summed E-state index contributed by atoms with van der Waals surface area (Å²) in [5, 5.41) is 0. The van der Waals surface area contributed by atoms with Gasteiger partial charge in [-0.3, -0.25) is 9.80 Å². The standard InChI is InChI=1S/C15H24N2O2/c1-18-14-6-9-17(12-14)13-4-7-16(8-5-13)11-15-3-2-10-19-15/h2-3,10,13-14H,4-9,11-12H2,1H3/t14-/m0/s1. The third-order valence-electron chi connectivity index (χ3n) is 4.54. The van der Waals surface area contributed by atoms with Crippen LogP contribution in [0.5, 0.6) is 0 Å². The fourth-order valence-electron chi connectivity index (χ4n) is 3.34. The summed E-state index contributed by atoms with van der Waals surface area (Å²) in [6.07, 6.45) is 5.97. The Hall–Kier alpha value is -0.840. The van der Waals surface area contributed by atoms with Gasteiger partial charge < -0.3 is 9.15 Å². The van der Waals surface area contributed by atoms with E-state index in [2.05, 4.69) is 15.9 Å². The molecule has 0 saturated carbocycles. The predicted octanol–water partition coefficient (Wildman–Crippen LogP) is 1.96. The number of likely N-dealkylation sites (tertiary alicyclic amines) is 2. The molecule has 0 aliphatic carbocycles. The molecule has 0 aromatic carbocycles. The van der Waals surface area contributed by atoms with Gasteiger partial charge in [0.25, 0.3) is 0 Å². The first-order valence-corrected chi connectivity index (χ1v) is 7.37. The first-order valence-electron chi connectivity index (χ1n) is 7.37. The monoisotopic (exact) mass is 264 g/mol. The maximum atomic E-state index is 5.46. The second-order valence-corrected chi connectivity index (χ2v) is 5.73. The summed E-state index contributed by atoms with van der Waals surface area (Å²) in [4.78, 5) is 5.12. The van der Waals surface area contributed by atoms with Crippen LogP contribution in [0.4, 0.5) is 0 Å². The number of methoxy groups -OCH3 is 1. The number of piperidine rings is 1. The Morgan fingerprint density at radius 2 is 2.11 bits per heavy atom. The van der Waals surface area contributed by atoms with Crippen molar-refractivity contribution in [1.29, 1.82) is 0 Å². The molecule has 106 valence electrons. The lowest BCUT2D eigenvalue weighted by atomic mass is 10.0. The second-order valence-electron chi connectivity index (χ2n) is 5.73. The SMILES string of the molecule is CO[C@H]1CCN(C2CCN(Cc3ccco3)CC2)C1. The zero-order valence-corrected chi connectivity index (χ0v) is 11.8. The van der Waals surface area contributed by atoms with Crippen molar-refractivity contribution in [3.63, 3.8) is 0 Å². The number of rotatable bonds is 4. The quantitative estimate of drug-likeness (QED) is 0.831. The zero-order chi connectivity index (χ0) is 13.1. The van der Waals surface area contributed by atoms with Crippen LogP contribution in [0.2, 0.25) is 0 Å². The molecule has 0 radical (unpaired) electrons. The van der Waals surface area contributed by atoms with Crippen LogP contribution >= 0.6 is 0 Å². The predicted molar refractivity (Wildman–Crippen MR) is 74.0 cm³/mol. The second kappa shape index (κ2) is 6.07. The van der Waals surface area contributed by atoms with Crippen LogP contribution in [0.3, 0.4) is 0 Å². The van der Waals surface area contributed by atoms with E-state index in [-0.39, 0.29) is 0 Å². The van der Waals surface area contributed by atoms with E-state index in [1.807, 2.05) is 13.2 Å². The molecule has 1 atom stereocenters. The highest BCUT2D eigenvalue weighted by Gasteiger charge is 2.30. The molecule has 2 aliphatic heterocycles. The summed E-state index contributed by atoms with van der Waals surface area (Å²) in [6, 6.07) is 4.79. The lowest BCUT2D eigenvalue weighted by Crippen LogP contribution is -2.44. The Morgan fingerprint density at radius 1 is 1.26 bits per heavy atom. The van der Waals surface area contributed by atoms with Gasteiger partial charge >= 0.3 is 0 Å². The van der Waals surface area contributed by atoms with E-state index in [0.29, 0.717) is 6.10 Å². The van der Waals surface area contributed by atoms with Crippen molar-refractivity contribution in [2.24, 2.45) is 0 Å². The van der Waals surface area contributed by atoms with Crippen molar-refractivity contribution in [1.82, 2.24) is 9.80 Å². The molecule has 3 heterocycles. The molecule has 0 unspecified atom stereocenters. The van der Waals surface area contributed by atoms with Gasteiger partial charge in [0.1, 0.15) is 5.76 Å². The summed E-state index contributed by atoms with van der Waals surface area (Å²) in [7, 11) is 1.83. The number of furan rings is 1. The number of hydrogen-bond donors (Lipinski definition) is 0. The van der Waals surface area contributed by atoms with Crippen molar-refractivity contribution in [3.8, 4) is 0 Å². The highest BCUT2D eigenvalue weighted by molar-refractivity contribution is 4.98. The lowest BCUT2D eigenvalue weighted by Gasteiger charge is -2.36. The van der Waals surface area contributed by atoms with Crippen molar-refractivity contribution in [2.45, 2.75) is 38.0 Å². The Bertz CT molecular complexity index is 372.